The van der Waals surface area contributed by atoms with Crippen LogP contribution in [0.1, 0.15) is 46.0 Å². The van der Waals surface area contributed by atoms with Gasteiger partial charge in [0, 0.05) is 11.6 Å². The summed E-state index contributed by atoms with van der Waals surface area (Å²) in [5.74, 6) is -0.166. The summed E-state index contributed by atoms with van der Waals surface area (Å²) in [6, 6.07) is 3.46. The molecule has 0 aliphatic heterocycles. The van der Waals surface area contributed by atoms with E-state index in [1.807, 2.05) is 0 Å². The third-order valence-corrected chi connectivity index (χ3v) is 6.15. The first-order chi connectivity index (χ1) is 12.8. The average Bonchev–Trinajstić information content (AvgIpc) is 2.63. The Hall–Kier alpha value is -1.57. The number of nitrogens with one attached hydrogen (secondary N) is 2. The summed E-state index contributed by atoms with van der Waals surface area (Å²) in [5.41, 5.74) is 1.36. The highest BCUT2D eigenvalue weighted by molar-refractivity contribution is 7.89. The molecular weight excluding hydrogens is 388 g/mol. The summed E-state index contributed by atoms with van der Waals surface area (Å²) in [5, 5.41) is 3.07. The molecule has 0 bridgehead atoms. The number of benzene rings is 1. The van der Waals surface area contributed by atoms with Gasteiger partial charge in [-0.1, -0.05) is 23.3 Å². The molecular formula is C19H27ClN2O4S. The fourth-order valence-electron chi connectivity index (χ4n) is 2.95. The summed E-state index contributed by atoms with van der Waals surface area (Å²) in [6.07, 6.45) is 7.62. The highest BCUT2D eigenvalue weighted by Crippen LogP contribution is 2.27. The first kappa shape index (κ1) is 21.7. The topological polar surface area (TPSA) is 84.5 Å². The predicted molar refractivity (Wildman–Crippen MR) is 107 cm³/mol. The van der Waals surface area contributed by atoms with Gasteiger partial charge in [0.15, 0.2) is 0 Å². The highest BCUT2D eigenvalue weighted by Gasteiger charge is 2.25. The van der Waals surface area contributed by atoms with Gasteiger partial charge in [-0.15, -0.1) is 0 Å². The Morgan fingerprint density at radius 1 is 1.33 bits per heavy atom. The normalized spacial score (nSPS) is 15.7. The number of hydrogen-bond donors (Lipinski definition) is 2. The summed E-state index contributed by atoms with van der Waals surface area (Å²) in [7, 11) is -3.96. The third kappa shape index (κ3) is 6.52. The minimum Gasteiger partial charge on any atom is -0.492 e. The van der Waals surface area contributed by atoms with Gasteiger partial charge in [0.05, 0.1) is 12.6 Å². The maximum Gasteiger partial charge on any atom is 0.245 e. The molecule has 1 amide bonds. The van der Waals surface area contributed by atoms with Gasteiger partial charge in [-0.2, -0.15) is 4.72 Å². The number of rotatable bonds is 9. The number of hydrogen-bond acceptors (Lipinski definition) is 4. The van der Waals surface area contributed by atoms with Crippen molar-refractivity contribution in [3.05, 3.63) is 34.9 Å². The summed E-state index contributed by atoms with van der Waals surface area (Å²) in [6.45, 7) is 4.09. The SMILES string of the molecule is CCOc1ccc(Cl)cc1S(=O)(=O)NC(C)C(=O)NCCC1=CCCCC1. The van der Waals surface area contributed by atoms with Gasteiger partial charge < -0.3 is 10.1 Å². The van der Waals surface area contributed by atoms with Gasteiger partial charge in [-0.05, 0) is 64.2 Å². The van der Waals surface area contributed by atoms with Gasteiger partial charge in [-0.25, -0.2) is 8.42 Å². The van der Waals surface area contributed by atoms with Crippen molar-refractivity contribution in [2.45, 2.75) is 56.9 Å². The van der Waals surface area contributed by atoms with E-state index in [1.165, 1.54) is 37.5 Å². The minimum atomic E-state index is -3.96. The third-order valence-electron chi connectivity index (χ3n) is 4.35. The standard InChI is InChI=1S/C19H27ClN2O4S/c1-3-26-17-10-9-16(20)13-18(17)27(24,25)22-14(2)19(23)21-12-11-15-7-5-4-6-8-15/h7,9-10,13-14,22H,3-6,8,11-12H2,1-2H3,(H,21,23). The van der Waals surface area contributed by atoms with E-state index in [0.29, 0.717) is 13.2 Å². The van der Waals surface area contributed by atoms with E-state index in [9.17, 15) is 13.2 Å². The minimum absolute atomic E-state index is 0.0798. The highest BCUT2D eigenvalue weighted by atomic mass is 35.5. The van der Waals surface area contributed by atoms with E-state index in [-0.39, 0.29) is 21.6 Å². The van der Waals surface area contributed by atoms with E-state index in [0.717, 1.165) is 19.3 Å². The van der Waals surface area contributed by atoms with Crippen LogP contribution in [-0.2, 0) is 14.8 Å². The Morgan fingerprint density at radius 3 is 2.78 bits per heavy atom. The van der Waals surface area contributed by atoms with Crippen LogP contribution in [0.15, 0.2) is 34.7 Å². The molecule has 8 heteroatoms. The molecule has 1 aliphatic carbocycles. The van der Waals surface area contributed by atoms with E-state index in [4.69, 9.17) is 16.3 Å². The van der Waals surface area contributed by atoms with Crippen LogP contribution in [0.5, 0.6) is 5.75 Å². The van der Waals surface area contributed by atoms with Crippen LogP contribution in [0.2, 0.25) is 5.02 Å². The van der Waals surface area contributed by atoms with Crippen LogP contribution >= 0.6 is 11.6 Å². The monoisotopic (exact) mass is 414 g/mol. The van der Waals surface area contributed by atoms with Gasteiger partial charge in [0.1, 0.15) is 10.6 Å². The van der Waals surface area contributed by atoms with Crippen molar-refractivity contribution in [2.24, 2.45) is 0 Å². The summed E-state index contributed by atoms with van der Waals surface area (Å²) < 4.78 is 33.1. The van der Waals surface area contributed by atoms with Crippen LogP contribution in [0.25, 0.3) is 0 Å². The van der Waals surface area contributed by atoms with Crippen molar-refractivity contribution in [1.29, 1.82) is 0 Å². The van der Waals surface area contributed by atoms with Crippen molar-refractivity contribution in [3.63, 3.8) is 0 Å². The Bertz CT molecular complexity index is 793. The Balaban J connectivity index is 1.96. The Kier molecular flexibility index (Phi) is 8.13. The zero-order chi connectivity index (χ0) is 19.9. The van der Waals surface area contributed by atoms with Crippen molar-refractivity contribution >= 4 is 27.5 Å². The predicted octanol–water partition coefficient (Wildman–Crippen LogP) is 3.41. The average molecular weight is 415 g/mol. The molecule has 1 aromatic rings. The van der Waals surface area contributed by atoms with E-state index >= 15 is 0 Å². The first-order valence-corrected chi connectivity index (χ1v) is 11.1. The molecule has 1 atom stereocenters. The van der Waals surface area contributed by atoms with Gasteiger partial charge in [0.25, 0.3) is 0 Å². The molecule has 0 aromatic heterocycles. The number of carbonyl (C=O) groups excluding carboxylic acids is 1. The number of carbonyl (C=O) groups is 1. The molecule has 2 N–H and O–H groups in total. The van der Waals surface area contributed by atoms with Crippen LogP contribution in [0, 0.1) is 0 Å². The molecule has 1 aliphatic rings. The maximum atomic E-state index is 12.7. The quantitative estimate of drug-likeness (QED) is 0.606. The van der Waals surface area contributed by atoms with Gasteiger partial charge in [-0.3, -0.25) is 4.79 Å². The molecule has 0 saturated heterocycles. The van der Waals surface area contributed by atoms with Crippen molar-refractivity contribution in [3.8, 4) is 5.75 Å². The van der Waals surface area contributed by atoms with E-state index < -0.39 is 16.1 Å². The lowest BCUT2D eigenvalue weighted by atomic mass is 9.97. The molecule has 150 valence electrons. The largest absolute Gasteiger partial charge is 0.492 e. The number of amides is 1. The lowest BCUT2D eigenvalue weighted by Crippen LogP contribution is -2.45. The van der Waals surface area contributed by atoms with Crippen molar-refractivity contribution in [2.75, 3.05) is 13.2 Å². The second-order valence-corrected chi connectivity index (χ2v) is 8.64. The lowest BCUT2D eigenvalue weighted by molar-refractivity contribution is -0.122. The molecule has 0 heterocycles. The van der Waals surface area contributed by atoms with Gasteiger partial charge >= 0.3 is 0 Å². The van der Waals surface area contributed by atoms with Gasteiger partial charge in [0.2, 0.25) is 15.9 Å². The van der Waals surface area contributed by atoms with Crippen LogP contribution in [-0.4, -0.2) is 33.5 Å². The molecule has 27 heavy (non-hydrogen) atoms. The first-order valence-electron chi connectivity index (χ1n) is 9.23. The van der Waals surface area contributed by atoms with Crippen LogP contribution in [0.4, 0.5) is 0 Å². The van der Waals surface area contributed by atoms with Crippen molar-refractivity contribution < 1.29 is 17.9 Å². The van der Waals surface area contributed by atoms with Crippen molar-refractivity contribution in [1.82, 2.24) is 10.0 Å². The number of halogens is 1. The molecule has 0 fully saturated rings. The number of ether oxygens (including phenoxy) is 1. The lowest BCUT2D eigenvalue weighted by Gasteiger charge is -2.17. The molecule has 1 unspecified atom stereocenters. The van der Waals surface area contributed by atoms with Crippen LogP contribution < -0.4 is 14.8 Å². The molecule has 0 saturated carbocycles. The number of allylic oxidation sites excluding steroid dienone is 1. The summed E-state index contributed by atoms with van der Waals surface area (Å²) >= 11 is 5.93. The van der Waals surface area contributed by atoms with E-state index in [2.05, 4.69) is 16.1 Å². The molecule has 6 nitrogen and oxygen atoms in total. The smallest absolute Gasteiger partial charge is 0.245 e. The second-order valence-electron chi connectivity index (χ2n) is 6.52. The number of sulfonamides is 1. The molecule has 0 spiro atoms. The van der Waals surface area contributed by atoms with E-state index in [1.54, 1.807) is 13.0 Å². The van der Waals surface area contributed by atoms with Crippen LogP contribution in [0.3, 0.4) is 0 Å². The maximum absolute atomic E-state index is 12.7. The molecule has 2 rings (SSSR count). The second kappa shape index (κ2) is 10.1. The Labute approximate surface area is 166 Å². The fourth-order valence-corrected chi connectivity index (χ4v) is 4.56. The zero-order valence-corrected chi connectivity index (χ0v) is 17.3. The summed E-state index contributed by atoms with van der Waals surface area (Å²) in [4.78, 5) is 12.2. The zero-order valence-electron chi connectivity index (χ0n) is 15.8. The Morgan fingerprint density at radius 2 is 2.11 bits per heavy atom. The fraction of sp³-hybridized carbons (Fsp3) is 0.526. The molecule has 1 aromatic carbocycles. The molecule has 0 radical (unpaired) electrons.